The first kappa shape index (κ1) is 20.7. The summed E-state index contributed by atoms with van der Waals surface area (Å²) in [5.41, 5.74) is 2.75. The zero-order chi connectivity index (χ0) is 21.0. The quantitative estimate of drug-likeness (QED) is 0.609. The van der Waals surface area contributed by atoms with Crippen LogP contribution in [0.2, 0.25) is 0 Å². The first-order valence-corrected chi connectivity index (χ1v) is 12.5. The minimum Gasteiger partial charge on any atom is -0.348 e. The van der Waals surface area contributed by atoms with E-state index in [4.69, 9.17) is 0 Å². The molecule has 1 unspecified atom stereocenters. The molecule has 1 saturated heterocycles. The predicted molar refractivity (Wildman–Crippen MR) is 118 cm³/mol. The van der Waals surface area contributed by atoms with E-state index in [9.17, 15) is 13.2 Å². The Kier molecular flexibility index (Phi) is 6.24. The molecule has 1 amide bonds. The third-order valence-corrected chi connectivity index (χ3v) is 8.41. The fourth-order valence-electron chi connectivity index (χ4n) is 3.52. The van der Waals surface area contributed by atoms with Crippen molar-refractivity contribution in [3.05, 3.63) is 83.9 Å². The number of imidazole rings is 1. The van der Waals surface area contributed by atoms with Crippen LogP contribution in [0.25, 0.3) is 0 Å². The van der Waals surface area contributed by atoms with Gasteiger partial charge in [-0.2, -0.15) is 0 Å². The molecule has 1 aliphatic heterocycles. The van der Waals surface area contributed by atoms with Gasteiger partial charge in [-0.25, -0.2) is 13.4 Å². The number of amides is 1. The first-order valence-electron chi connectivity index (χ1n) is 9.77. The largest absolute Gasteiger partial charge is 0.348 e. The molecule has 3 aromatic rings. The number of sulfone groups is 1. The Labute approximate surface area is 180 Å². The molecule has 4 rings (SSSR count). The summed E-state index contributed by atoms with van der Waals surface area (Å²) in [5, 5.41) is 3.02. The van der Waals surface area contributed by atoms with Gasteiger partial charge in [-0.15, -0.1) is 11.8 Å². The Morgan fingerprint density at radius 2 is 1.90 bits per heavy atom. The normalized spacial score (nSPS) is 17.7. The van der Waals surface area contributed by atoms with Crippen molar-refractivity contribution >= 4 is 27.5 Å². The fourth-order valence-corrected chi connectivity index (χ4v) is 7.15. The van der Waals surface area contributed by atoms with Gasteiger partial charge < -0.3 is 9.88 Å². The second-order valence-corrected chi connectivity index (χ2v) is 10.9. The number of carbonyl (C=O) groups is 1. The smallest absolute Gasteiger partial charge is 0.252 e. The average molecular weight is 442 g/mol. The Morgan fingerprint density at radius 1 is 1.13 bits per heavy atom. The van der Waals surface area contributed by atoms with E-state index in [-0.39, 0.29) is 22.7 Å². The summed E-state index contributed by atoms with van der Waals surface area (Å²) in [4.78, 5) is 17.8. The molecule has 0 bridgehead atoms. The number of thioether (sulfide) groups is 1. The Hall–Kier alpha value is -2.58. The molecule has 1 aromatic heterocycles. The lowest BCUT2D eigenvalue weighted by Crippen LogP contribution is -2.24. The van der Waals surface area contributed by atoms with Crippen LogP contribution in [-0.2, 0) is 22.9 Å². The second-order valence-electron chi connectivity index (χ2n) is 7.33. The van der Waals surface area contributed by atoms with Crippen molar-refractivity contribution in [1.82, 2.24) is 14.9 Å². The lowest BCUT2D eigenvalue weighted by Gasteiger charge is -2.14. The zero-order valence-electron chi connectivity index (χ0n) is 16.4. The Morgan fingerprint density at radius 3 is 2.63 bits per heavy atom. The van der Waals surface area contributed by atoms with Gasteiger partial charge in [0.1, 0.15) is 0 Å². The topological polar surface area (TPSA) is 81.1 Å². The molecule has 1 aliphatic rings. The van der Waals surface area contributed by atoms with Gasteiger partial charge in [0, 0.05) is 35.6 Å². The van der Waals surface area contributed by atoms with Crippen molar-refractivity contribution in [1.29, 1.82) is 0 Å². The molecular formula is C22H23N3O3S2. The molecular weight excluding hydrogens is 418 g/mol. The molecule has 30 heavy (non-hydrogen) atoms. The average Bonchev–Trinajstić information content (AvgIpc) is 3.36. The molecule has 0 radical (unpaired) electrons. The van der Waals surface area contributed by atoms with Crippen LogP contribution in [0, 0.1) is 0 Å². The summed E-state index contributed by atoms with van der Waals surface area (Å²) in [6, 6.07) is 15.4. The molecule has 1 fully saturated rings. The number of nitrogens with one attached hydrogen (secondary N) is 1. The maximum absolute atomic E-state index is 12.9. The van der Waals surface area contributed by atoms with Crippen LogP contribution in [-0.4, -0.2) is 40.6 Å². The maximum atomic E-state index is 12.9. The highest BCUT2D eigenvalue weighted by atomic mass is 32.2. The van der Waals surface area contributed by atoms with E-state index >= 15 is 0 Å². The number of rotatable bonds is 7. The van der Waals surface area contributed by atoms with Gasteiger partial charge >= 0.3 is 0 Å². The van der Waals surface area contributed by atoms with E-state index in [0.717, 1.165) is 16.0 Å². The van der Waals surface area contributed by atoms with Crippen LogP contribution < -0.4 is 5.32 Å². The molecule has 1 atom stereocenters. The Balaban J connectivity index is 1.44. The fraction of sp³-hybridized carbons (Fsp3) is 0.273. The maximum Gasteiger partial charge on any atom is 0.252 e. The number of aromatic nitrogens is 2. The SMILES string of the molecule is O=C(NCc1ccccc1Cn1ccnc1)c1ccccc1SC1CCS(=O)(=O)C1. The van der Waals surface area contributed by atoms with Crippen LogP contribution in [0.4, 0.5) is 0 Å². The van der Waals surface area contributed by atoms with Gasteiger partial charge in [-0.3, -0.25) is 4.79 Å². The van der Waals surface area contributed by atoms with Crippen LogP contribution >= 0.6 is 11.8 Å². The lowest BCUT2D eigenvalue weighted by molar-refractivity contribution is 0.0948. The van der Waals surface area contributed by atoms with E-state index in [1.54, 1.807) is 18.6 Å². The number of hydrogen-bond donors (Lipinski definition) is 1. The van der Waals surface area contributed by atoms with Crippen molar-refractivity contribution < 1.29 is 13.2 Å². The number of hydrogen-bond acceptors (Lipinski definition) is 5. The van der Waals surface area contributed by atoms with Gasteiger partial charge in [0.05, 0.1) is 23.4 Å². The lowest BCUT2D eigenvalue weighted by atomic mass is 10.1. The third-order valence-electron chi connectivity index (χ3n) is 5.09. The highest BCUT2D eigenvalue weighted by Crippen LogP contribution is 2.33. The summed E-state index contributed by atoms with van der Waals surface area (Å²) in [5.74, 6) is 0.249. The van der Waals surface area contributed by atoms with Gasteiger partial charge in [-0.1, -0.05) is 36.4 Å². The van der Waals surface area contributed by atoms with Crippen LogP contribution in [0.3, 0.4) is 0 Å². The zero-order valence-corrected chi connectivity index (χ0v) is 18.0. The summed E-state index contributed by atoms with van der Waals surface area (Å²) in [6.07, 6.45) is 6.05. The third kappa shape index (κ3) is 5.12. The van der Waals surface area contributed by atoms with E-state index in [1.165, 1.54) is 11.8 Å². The monoisotopic (exact) mass is 441 g/mol. The molecule has 8 heteroatoms. The van der Waals surface area contributed by atoms with Crippen molar-refractivity contribution in [3.63, 3.8) is 0 Å². The van der Waals surface area contributed by atoms with Crippen molar-refractivity contribution in [3.8, 4) is 0 Å². The van der Waals surface area contributed by atoms with Crippen LogP contribution in [0.5, 0.6) is 0 Å². The minimum absolute atomic E-state index is 0.000133. The summed E-state index contributed by atoms with van der Waals surface area (Å²) in [7, 11) is -2.95. The van der Waals surface area contributed by atoms with Crippen molar-refractivity contribution in [2.75, 3.05) is 11.5 Å². The second kappa shape index (κ2) is 9.06. The summed E-state index contributed by atoms with van der Waals surface area (Å²) >= 11 is 1.49. The molecule has 1 N–H and O–H groups in total. The molecule has 2 heterocycles. The highest BCUT2D eigenvalue weighted by molar-refractivity contribution is 8.02. The van der Waals surface area contributed by atoms with E-state index in [1.807, 2.05) is 53.2 Å². The van der Waals surface area contributed by atoms with E-state index in [2.05, 4.69) is 10.3 Å². The summed E-state index contributed by atoms with van der Waals surface area (Å²) in [6.45, 7) is 1.11. The molecule has 2 aromatic carbocycles. The van der Waals surface area contributed by atoms with Gasteiger partial charge in [0.15, 0.2) is 9.84 Å². The summed E-state index contributed by atoms with van der Waals surface area (Å²) < 4.78 is 25.5. The standard InChI is InChI=1S/C22H23N3O3S2/c26-22(20-7-3-4-8-21(20)29-19-9-12-30(27,28)15-19)24-13-17-5-1-2-6-18(17)14-25-11-10-23-16-25/h1-8,10-11,16,19H,9,12-15H2,(H,24,26). The molecule has 0 aliphatic carbocycles. The Bertz CT molecular complexity index is 1130. The van der Waals surface area contributed by atoms with Crippen LogP contribution in [0.15, 0.2) is 72.1 Å². The molecule has 0 saturated carbocycles. The van der Waals surface area contributed by atoms with Gasteiger partial charge in [0.2, 0.25) is 0 Å². The molecule has 156 valence electrons. The molecule has 6 nitrogen and oxygen atoms in total. The minimum atomic E-state index is -2.95. The predicted octanol–water partition coefficient (Wildman–Crippen LogP) is 3.14. The van der Waals surface area contributed by atoms with E-state index < -0.39 is 9.84 Å². The highest BCUT2D eigenvalue weighted by Gasteiger charge is 2.29. The van der Waals surface area contributed by atoms with E-state index in [0.29, 0.717) is 25.1 Å². The van der Waals surface area contributed by atoms with Gasteiger partial charge in [0.25, 0.3) is 5.91 Å². The number of carbonyl (C=O) groups excluding carboxylic acids is 1. The van der Waals surface area contributed by atoms with Gasteiger partial charge in [-0.05, 0) is 29.7 Å². The number of benzene rings is 2. The van der Waals surface area contributed by atoms with Crippen LogP contribution in [0.1, 0.15) is 27.9 Å². The first-order chi connectivity index (χ1) is 14.5. The number of nitrogens with zero attached hydrogens (tertiary/aromatic N) is 2. The van der Waals surface area contributed by atoms with Crippen molar-refractivity contribution in [2.24, 2.45) is 0 Å². The van der Waals surface area contributed by atoms with Crippen molar-refractivity contribution in [2.45, 2.75) is 29.7 Å². The molecule has 0 spiro atoms.